The van der Waals surface area contributed by atoms with E-state index in [-0.39, 0.29) is 0 Å². The second-order valence-electron chi connectivity index (χ2n) is 4.08. The van der Waals surface area contributed by atoms with E-state index >= 15 is 0 Å². The molecule has 0 aliphatic rings. The summed E-state index contributed by atoms with van der Waals surface area (Å²) in [5, 5.41) is 4.03. The Labute approximate surface area is 108 Å². The Kier molecular flexibility index (Phi) is 4.15. The maximum absolute atomic E-state index is 2.75. The lowest BCUT2D eigenvalue weighted by molar-refractivity contribution is 1.02. The van der Waals surface area contributed by atoms with E-state index in [2.05, 4.69) is 70.7 Å². The summed E-state index contributed by atoms with van der Waals surface area (Å²) in [6.45, 7) is 0. The van der Waals surface area contributed by atoms with Gasteiger partial charge in [0.25, 0.3) is 0 Å². The van der Waals surface area contributed by atoms with E-state index in [1.54, 1.807) is 0 Å². The largest absolute Gasteiger partial charge is 0.323 e. The molecule has 0 saturated carbocycles. The van der Waals surface area contributed by atoms with Gasteiger partial charge in [-0.2, -0.15) is 0 Å². The Bertz CT molecular complexity index is 597. The van der Waals surface area contributed by atoms with Crippen LogP contribution in [0.3, 0.4) is 0 Å². The van der Waals surface area contributed by atoms with E-state index in [0.717, 1.165) is 0 Å². The van der Waals surface area contributed by atoms with Crippen molar-refractivity contribution in [2.24, 2.45) is 0 Å². The van der Waals surface area contributed by atoms with Crippen LogP contribution in [0, 0.1) is 0 Å². The predicted molar refractivity (Wildman–Crippen MR) is 78.3 cm³/mol. The molecule has 0 aliphatic heterocycles. The molecule has 2 aromatic carbocycles. The molecule has 0 atom stereocenters. The number of hydrogen-bond donors (Lipinski definition) is 1. The van der Waals surface area contributed by atoms with Crippen molar-refractivity contribution < 1.29 is 0 Å². The third kappa shape index (κ3) is 2.60. The van der Waals surface area contributed by atoms with Crippen LogP contribution >= 0.6 is 0 Å². The first-order valence-electron chi connectivity index (χ1n) is 6.07. The van der Waals surface area contributed by atoms with Crippen LogP contribution in [0.1, 0.15) is 0 Å². The van der Waals surface area contributed by atoms with Crippen molar-refractivity contribution >= 4 is 10.9 Å². The zero-order valence-corrected chi connectivity index (χ0v) is 10.8. The maximum Gasteiger partial charge on any atom is 0.0528 e. The van der Waals surface area contributed by atoms with Gasteiger partial charge in [-0.1, -0.05) is 36.4 Å². The monoisotopic (exact) mass is 238 g/mol. The summed E-state index contributed by atoms with van der Waals surface area (Å²) in [7, 11) is 3.75. The van der Waals surface area contributed by atoms with E-state index in [4.69, 9.17) is 0 Å². The highest BCUT2D eigenvalue weighted by Gasteiger charge is 2.00. The Morgan fingerprint density at radius 1 is 0.778 bits per heavy atom. The predicted octanol–water partition coefficient (Wildman–Crippen LogP) is 3.47. The van der Waals surface area contributed by atoms with Crippen LogP contribution in [0.15, 0.2) is 66.9 Å². The number of rotatable bonds is 1. The van der Waals surface area contributed by atoms with Crippen molar-refractivity contribution in [3.8, 4) is 5.69 Å². The molecular formula is C16H18N2. The second kappa shape index (κ2) is 6.03. The van der Waals surface area contributed by atoms with Crippen LogP contribution in [0.5, 0.6) is 0 Å². The molecule has 0 unspecified atom stereocenters. The Morgan fingerprint density at radius 3 is 2.11 bits per heavy atom. The first kappa shape index (κ1) is 12.4. The van der Waals surface area contributed by atoms with Crippen LogP contribution in [-0.4, -0.2) is 18.7 Å². The third-order valence-electron chi connectivity index (χ3n) is 2.63. The second-order valence-corrected chi connectivity index (χ2v) is 4.08. The van der Waals surface area contributed by atoms with Crippen LogP contribution in [0.2, 0.25) is 0 Å². The topological polar surface area (TPSA) is 17.0 Å². The lowest BCUT2D eigenvalue weighted by atomic mass is 10.2. The van der Waals surface area contributed by atoms with Crippen molar-refractivity contribution in [3.05, 3.63) is 66.9 Å². The van der Waals surface area contributed by atoms with Gasteiger partial charge >= 0.3 is 0 Å². The van der Waals surface area contributed by atoms with Crippen molar-refractivity contribution in [1.29, 1.82) is 0 Å². The van der Waals surface area contributed by atoms with E-state index < -0.39 is 0 Å². The number of benzene rings is 2. The van der Waals surface area contributed by atoms with E-state index in [9.17, 15) is 0 Å². The molecule has 0 radical (unpaired) electrons. The van der Waals surface area contributed by atoms with Crippen LogP contribution in [-0.2, 0) is 0 Å². The lowest BCUT2D eigenvalue weighted by Crippen LogP contribution is -1.89. The molecule has 1 aromatic heterocycles. The average Bonchev–Trinajstić information content (AvgIpc) is 2.84. The molecule has 1 N–H and O–H groups in total. The van der Waals surface area contributed by atoms with Gasteiger partial charge in [0.05, 0.1) is 5.52 Å². The van der Waals surface area contributed by atoms with Gasteiger partial charge in [0.15, 0.2) is 0 Å². The summed E-state index contributed by atoms with van der Waals surface area (Å²) >= 11 is 0. The molecule has 3 rings (SSSR count). The van der Waals surface area contributed by atoms with Gasteiger partial charge < -0.3 is 9.88 Å². The summed E-state index contributed by atoms with van der Waals surface area (Å²) < 4.78 is 2.20. The fourth-order valence-electron chi connectivity index (χ4n) is 1.90. The normalized spacial score (nSPS) is 9.89. The SMILES string of the molecule is CNC.c1ccc(-n2ccc3ccccc32)cc1. The van der Waals surface area contributed by atoms with Crippen molar-refractivity contribution in [2.45, 2.75) is 0 Å². The number of aromatic nitrogens is 1. The molecule has 2 heteroatoms. The first-order valence-corrected chi connectivity index (χ1v) is 6.07. The Morgan fingerprint density at radius 2 is 1.39 bits per heavy atom. The number of nitrogens with one attached hydrogen (secondary N) is 1. The Balaban J connectivity index is 0.000000367. The van der Waals surface area contributed by atoms with Gasteiger partial charge in [-0.3, -0.25) is 0 Å². The minimum atomic E-state index is 1.21. The van der Waals surface area contributed by atoms with Gasteiger partial charge in [0.2, 0.25) is 0 Å². The van der Waals surface area contributed by atoms with Crippen LogP contribution in [0.25, 0.3) is 16.6 Å². The molecule has 0 aliphatic carbocycles. The molecule has 3 aromatic rings. The van der Waals surface area contributed by atoms with Crippen LogP contribution in [0.4, 0.5) is 0 Å². The van der Waals surface area contributed by atoms with Gasteiger partial charge in [0, 0.05) is 11.9 Å². The number of para-hydroxylation sites is 2. The third-order valence-corrected chi connectivity index (χ3v) is 2.63. The highest BCUT2D eigenvalue weighted by atomic mass is 15.0. The van der Waals surface area contributed by atoms with E-state index in [0.29, 0.717) is 0 Å². The van der Waals surface area contributed by atoms with E-state index in [1.807, 2.05) is 20.2 Å². The molecule has 0 fully saturated rings. The molecule has 0 saturated heterocycles. The number of nitrogens with zero attached hydrogens (tertiary/aromatic N) is 1. The molecular weight excluding hydrogens is 220 g/mol. The van der Waals surface area contributed by atoms with Gasteiger partial charge in [-0.05, 0) is 43.7 Å². The average molecular weight is 238 g/mol. The zero-order valence-electron chi connectivity index (χ0n) is 10.8. The zero-order chi connectivity index (χ0) is 12.8. The van der Waals surface area contributed by atoms with Crippen molar-refractivity contribution in [3.63, 3.8) is 0 Å². The summed E-state index contributed by atoms with van der Waals surface area (Å²) in [6.07, 6.45) is 2.11. The van der Waals surface area contributed by atoms with Crippen molar-refractivity contribution in [2.75, 3.05) is 14.1 Å². The summed E-state index contributed by atoms with van der Waals surface area (Å²) in [6, 6.07) is 20.9. The van der Waals surface area contributed by atoms with Crippen LogP contribution < -0.4 is 5.32 Å². The molecule has 0 amide bonds. The van der Waals surface area contributed by atoms with Gasteiger partial charge in [-0.15, -0.1) is 0 Å². The molecule has 0 spiro atoms. The number of hydrogen-bond acceptors (Lipinski definition) is 1. The smallest absolute Gasteiger partial charge is 0.0528 e. The minimum Gasteiger partial charge on any atom is -0.323 e. The quantitative estimate of drug-likeness (QED) is 0.687. The molecule has 18 heavy (non-hydrogen) atoms. The van der Waals surface area contributed by atoms with Gasteiger partial charge in [0.1, 0.15) is 0 Å². The molecule has 1 heterocycles. The lowest BCUT2D eigenvalue weighted by Gasteiger charge is -2.04. The van der Waals surface area contributed by atoms with Gasteiger partial charge in [-0.25, -0.2) is 0 Å². The number of fused-ring (bicyclic) bond motifs is 1. The first-order chi connectivity index (χ1) is 8.86. The van der Waals surface area contributed by atoms with Crippen molar-refractivity contribution in [1.82, 2.24) is 9.88 Å². The molecule has 0 bridgehead atoms. The molecule has 2 nitrogen and oxygen atoms in total. The maximum atomic E-state index is 2.75. The highest BCUT2D eigenvalue weighted by Crippen LogP contribution is 2.19. The summed E-state index contributed by atoms with van der Waals surface area (Å²) in [5.74, 6) is 0. The standard InChI is InChI=1S/C14H11N.C2H7N/c1-2-7-13(8-3-1)15-11-10-12-6-4-5-9-14(12)15;1-3-2/h1-11H;3H,1-2H3. The van der Waals surface area contributed by atoms with E-state index in [1.165, 1.54) is 16.6 Å². The molecule has 92 valence electrons. The highest BCUT2D eigenvalue weighted by molar-refractivity contribution is 5.81. The minimum absolute atomic E-state index is 1.21. The summed E-state index contributed by atoms with van der Waals surface area (Å²) in [4.78, 5) is 0. The Hall–Kier alpha value is -2.06. The fraction of sp³-hybridized carbons (Fsp3) is 0.125. The summed E-state index contributed by atoms with van der Waals surface area (Å²) in [5.41, 5.74) is 2.46. The fourth-order valence-corrected chi connectivity index (χ4v) is 1.90.